The number of ether oxygens (including phenoxy) is 2. The average molecular weight is 559 g/mol. The molecule has 0 heterocycles. The number of hydrogen-bond donors (Lipinski definition) is 0. The van der Waals surface area contributed by atoms with Crippen LogP contribution in [-0.4, -0.2) is 6.36 Å². The van der Waals surface area contributed by atoms with Gasteiger partial charge in [0, 0.05) is 5.56 Å². The maximum absolute atomic E-state index is 14.8. The molecule has 10 heteroatoms. The molecule has 210 valence electrons. The van der Waals surface area contributed by atoms with Crippen molar-refractivity contribution in [3.63, 3.8) is 0 Å². The minimum atomic E-state index is -5.35. The van der Waals surface area contributed by atoms with E-state index in [0.29, 0.717) is 24.1 Å². The summed E-state index contributed by atoms with van der Waals surface area (Å²) in [6.07, 6.45) is -2.59. The van der Waals surface area contributed by atoms with Crippen LogP contribution in [-0.2, 0) is 12.5 Å². The first-order valence-corrected chi connectivity index (χ1v) is 12.5. The highest BCUT2D eigenvalue weighted by molar-refractivity contribution is 5.66. The summed E-state index contributed by atoms with van der Waals surface area (Å²) >= 11 is 0. The second-order valence-electron chi connectivity index (χ2n) is 9.94. The average Bonchev–Trinajstić information content (AvgIpc) is 2.86. The summed E-state index contributed by atoms with van der Waals surface area (Å²) in [6.45, 7) is 2.26. The molecule has 3 aromatic rings. The first-order chi connectivity index (χ1) is 18.3. The Morgan fingerprint density at radius 1 is 0.744 bits per heavy atom. The molecule has 0 N–H and O–H groups in total. The summed E-state index contributed by atoms with van der Waals surface area (Å²) in [5.74, 6) is -5.18. The van der Waals surface area contributed by atoms with E-state index in [2.05, 4.69) is 11.7 Å². The third-order valence-corrected chi connectivity index (χ3v) is 6.98. The van der Waals surface area contributed by atoms with E-state index in [0.717, 1.165) is 36.5 Å². The second-order valence-corrected chi connectivity index (χ2v) is 9.94. The van der Waals surface area contributed by atoms with Crippen molar-refractivity contribution in [2.45, 2.75) is 57.9 Å². The molecule has 1 aliphatic rings. The van der Waals surface area contributed by atoms with Gasteiger partial charge in [-0.05, 0) is 72.2 Å². The van der Waals surface area contributed by atoms with E-state index < -0.39 is 52.4 Å². The number of halogens is 8. The van der Waals surface area contributed by atoms with Crippen molar-refractivity contribution in [2.75, 3.05) is 0 Å². The first kappa shape index (κ1) is 28.7. The summed E-state index contributed by atoms with van der Waals surface area (Å²) in [4.78, 5) is 0. The van der Waals surface area contributed by atoms with Crippen LogP contribution in [0.5, 0.6) is 11.5 Å². The highest BCUT2D eigenvalue weighted by Crippen LogP contribution is 2.37. The van der Waals surface area contributed by atoms with E-state index in [4.69, 9.17) is 4.74 Å². The van der Waals surface area contributed by atoms with E-state index in [1.165, 1.54) is 37.8 Å². The molecule has 0 atom stereocenters. The molecule has 3 aromatic carbocycles. The van der Waals surface area contributed by atoms with Gasteiger partial charge in [-0.2, -0.15) is 8.78 Å². The standard InChI is InChI=1S/C29H26F8O2/c1-17-2-4-18(5-3-17)6-7-19-8-11-22(12-9-19)38-28(33,34)21-10-13-23(24(30)16-21)20-14-25(31)27(26(32)15-20)39-29(35,36)37/h8-18H,2-7H2,1H3. The number of alkyl halides is 5. The van der Waals surface area contributed by atoms with Gasteiger partial charge in [-0.15, -0.1) is 13.2 Å². The number of rotatable bonds is 8. The molecule has 39 heavy (non-hydrogen) atoms. The van der Waals surface area contributed by atoms with Crippen molar-refractivity contribution < 1.29 is 44.6 Å². The Hall–Kier alpha value is -3.30. The summed E-state index contributed by atoms with van der Waals surface area (Å²) in [5.41, 5.74) is -0.892. The Morgan fingerprint density at radius 3 is 1.92 bits per heavy atom. The molecule has 1 aliphatic carbocycles. The third-order valence-electron chi connectivity index (χ3n) is 6.98. The van der Waals surface area contributed by atoms with E-state index in [1.54, 1.807) is 12.1 Å². The molecule has 2 nitrogen and oxygen atoms in total. The molecule has 0 amide bonds. The molecular weight excluding hydrogens is 532 g/mol. The van der Waals surface area contributed by atoms with Crippen molar-refractivity contribution >= 4 is 0 Å². The van der Waals surface area contributed by atoms with Crippen LogP contribution in [0.15, 0.2) is 54.6 Å². The fraction of sp³-hybridized carbons (Fsp3) is 0.379. The van der Waals surface area contributed by atoms with Crippen LogP contribution in [0, 0.1) is 29.3 Å². The normalized spacial score (nSPS) is 18.2. The van der Waals surface area contributed by atoms with Crippen LogP contribution < -0.4 is 9.47 Å². The molecule has 0 spiro atoms. The molecule has 1 saturated carbocycles. The monoisotopic (exact) mass is 558 g/mol. The van der Waals surface area contributed by atoms with Gasteiger partial charge >= 0.3 is 12.5 Å². The second kappa shape index (κ2) is 11.4. The van der Waals surface area contributed by atoms with Crippen molar-refractivity contribution in [2.24, 2.45) is 11.8 Å². The van der Waals surface area contributed by atoms with Crippen molar-refractivity contribution in [1.82, 2.24) is 0 Å². The lowest BCUT2D eigenvalue weighted by Gasteiger charge is -2.26. The Bertz CT molecular complexity index is 1260. The lowest BCUT2D eigenvalue weighted by atomic mass is 9.80. The summed E-state index contributed by atoms with van der Waals surface area (Å²) in [6, 6.07) is 9.11. The zero-order valence-corrected chi connectivity index (χ0v) is 20.9. The Kier molecular flexibility index (Phi) is 8.42. The Morgan fingerprint density at radius 2 is 1.36 bits per heavy atom. The molecule has 0 bridgehead atoms. The maximum atomic E-state index is 14.8. The molecule has 4 rings (SSSR count). The minimum Gasteiger partial charge on any atom is -0.429 e. The molecule has 0 unspecified atom stereocenters. The smallest absolute Gasteiger partial charge is 0.429 e. The molecule has 0 aliphatic heterocycles. The number of aryl methyl sites for hydroxylation is 1. The molecule has 0 radical (unpaired) electrons. The highest BCUT2D eigenvalue weighted by atomic mass is 19.4. The van der Waals surface area contributed by atoms with Crippen LogP contribution in [0.2, 0.25) is 0 Å². The largest absolute Gasteiger partial charge is 0.573 e. The topological polar surface area (TPSA) is 18.5 Å². The van der Waals surface area contributed by atoms with E-state index in [1.807, 2.05) is 0 Å². The Balaban J connectivity index is 1.43. The van der Waals surface area contributed by atoms with Gasteiger partial charge in [0.25, 0.3) is 0 Å². The molecule has 0 aromatic heterocycles. The number of benzene rings is 3. The zero-order valence-electron chi connectivity index (χ0n) is 20.9. The lowest BCUT2D eigenvalue weighted by Crippen LogP contribution is -2.22. The Labute approximate surface area is 220 Å². The van der Waals surface area contributed by atoms with Gasteiger partial charge in [0.2, 0.25) is 5.75 Å². The summed E-state index contributed by atoms with van der Waals surface area (Å²) in [7, 11) is 0. The maximum Gasteiger partial charge on any atom is 0.573 e. The summed E-state index contributed by atoms with van der Waals surface area (Å²) < 4.78 is 117. The van der Waals surface area contributed by atoms with Gasteiger partial charge in [-0.1, -0.05) is 50.8 Å². The molecular formula is C29H26F8O2. The van der Waals surface area contributed by atoms with Gasteiger partial charge in [-0.25, -0.2) is 13.2 Å². The van der Waals surface area contributed by atoms with E-state index >= 15 is 0 Å². The molecule has 1 fully saturated rings. The van der Waals surface area contributed by atoms with Crippen LogP contribution in [0.4, 0.5) is 35.1 Å². The first-order valence-electron chi connectivity index (χ1n) is 12.5. The van der Waals surface area contributed by atoms with Gasteiger partial charge < -0.3 is 9.47 Å². The van der Waals surface area contributed by atoms with Gasteiger partial charge in [0.1, 0.15) is 11.6 Å². The fourth-order valence-corrected chi connectivity index (χ4v) is 4.78. The molecule has 0 saturated heterocycles. The predicted octanol–water partition coefficient (Wildman–Crippen LogP) is 9.56. The zero-order chi connectivity index (χ0) is 28.4. The van der Waals surface area contributed by atoms with Crippen LogP contribution >= 0.6 is 0 Å². The number of hydrogen-bond acceptors (Lipinski definition) is 2. The fourth-order valence-electron chi connectivity index (χ4n) is 4.78. The lowest BCUT2D eigenvalue weighted by molar-refractivity contribution is -0.276. The van der Waals surface area contributed by atoms with Gasteiger partial charge in [0.15, 0.2) is 11.6 Å². The SMILES string of the molecule is CC1CCC(CCc2ccc(OC(F)(F)c3ccc(-c4cc(F)c(OC(F)(F)F)c(F)c4)c(F)c3)cc2)CC1. The predicted molar refractivity (Wildman–Crippen MR) is 129 cm³/mol. The summed E-state index contributed by atoms with van der Waals surface area (Å²) in [5, 5.41) is 0. The van der Waals surface area contributed by atoms with Crippen LogP contribution in [0.25, 0.3) is 11.1 Å². The third kappa shape index (κ3) is 7.42. The minimum absolute atomic E-state index is 0.135. The van der Waals surface area contributed by atoms with E-state index in [9.17, 15) is 35.1 Å². The van der Waals surface area contributed by atoms with E-state index in [-0.39, 0.29) is 5.75 Å². The van der Waals surface area contributed by atoms with Crippen molar-refractivity contribution in [3.05, 3.63) is 83.2 Å². The highest BCUT2D eigenvalue weighted by Gasteiger charge is 2.36. The van der Waals surface area contributed by atoms with Crippen molar-refractivity contribution in [3.8, 4) is 22.6 Å². The van der Waals surface area contributed by atoms with Crippen molar-refractivity contribution in [1.29, 1.82) is 0 Å². The van der Waals surface area contributed by atoms with Gasteiger partial charge in [-0.3, -0.25) is 0 Å². The van der Waals surface area contributed by atoms with Crippen LogP contribution in [0.1, 0.15) is 50.2 Å². The van der Waals surface area contributed by atoms with Gasteiger partial charge in [0.05, 0.1) is 5.56 Å². The quantitative estimate of drug-likeness (QED) is 0.256. The van der Waals surface area contributed by atoms with Crippen LogP contribution in [0.3, 0.4) is 0 Å².